The van der Waals surface area contributed by atoms with Gasteiger partial charge < -0.3 is 9.47 Å². The van der Waals surface area contributed by atoms with E-state index in [2.05, 4.69) is 13.8 Å². The summed E-state index contributed by atoms with van der Waals surface area (Å²) < 4.78 is 11.4. The number of carbonyl (C=O) groups is 2. The molecular formula is C30H47ClO4. The fourth-order valence-corrected chi connectivity index (χ4v) is 8.76. The normalized spacial score (nSPS) is 36.1. The van der Waals surface area contributed by atoms with Crippen LogP contribution in [-0.2, 0) is 14.3 Å². The molecule has 5 heteroatoms. The van der Waals surface area contributed by atoms with E-state index in [4.69, 9.17) is 21.1 Å². The highest BCUT2D eigenvalue weighted by molar-refractivity contribution is 6.21. The predicted octanol–water partition coefficient (Wildman–Crippen LogP) is 8.40. The molecular weight excluding hydrogens is 460 g/mol. The number of hydrogen-bond donors (Lipinski definition) is 0. The van der Waals surface area contributed by atoms with E-state index < -0.39 is 6.16 Å². The van der Waals surface area contributed by atoms with E-state index in [1.165, 1.54) is 50.5 Å². The second-order valence-electron chi connectivity index (χ2n) is 12.1. The number of ketones is 1. The first kappa shape index (κ1) is 27.0. The fourth-order valence-electron chi connectivity index (χ4n) is 8.06. The van der Waals surface area contributed by atoms with E-state index in [0.717, 1.165) is 51.4 Å². The SMILES string of the molecule is CCCCCCCCCCCOC(=O)O[C@H]1CC[C@H]2[C@@H]3CCC4=CC(=O)CC[C@@H]4[C@H]3[C@@H](Cl)C[C@]12C. The van der Waals surface area contributed by atoms with Crippen LogP contribution in [-0.4, -0.2) is 30.0 Å². The van der Waals surface area contributed by atoms with Crippen LogP contribution in [0.2, 0.25) is 0 Å². The highest BCUT2D eigenvalue weighted by atomic mass is 35.5. The second-order valence-corrected chi connectivity index (χ2v) is 12.6. The molecule has 4 rings (SSSR count). The lowest BCUT2D eigenvalue weighted by Crippen LogP contribution is -2.53. The minimum atomic E-state index is -0.496. The van der Waals surface area contributed by atoms with Crippen molar-refractivity contribution in [2.24, 2.45) is 29.1 Å². The van der Waals surface area contributed by atoms with Gasteiger partial charge in [-0.05, 0) is 74.7 Å². The maximum Gasteiger partial charge on any atom is 0.508 e. The molecule has 0 bridgehead atoms. The molecule has 0 heterocycles. The molecule has 35 heavy (non-hydrogen) atoms. The minimum Gasteiger partial charge on any atom is -0.434 e. The van der Waals surface area contributed by atoms with Crippen molar-refractivity contribution in [3.63, 3.8) is 0 Å². The molecule has 0 spiro atoms. The van der Waals surface area contributed by atoms with Gasteiger partial charge in [0.15, 0.2) is 5.78 Å². The lowest BCUT2D eigenvalue weighted by Gasteiger charge is -2.55. The van der Waals surface area contributed by atoms with Gasteiger partial charge in [-0.2, -0.15) is 0 Å². The van der Waals surface area contributed by atoms with Gasteiger partial charge in [0.05, 0.1) is 6.61 Å². The molecule has 0 radical (unpaired) electrons. The van der Waals surface area contributed by atoms with Crippen LogP contribution in [0.5, 0.6) is 0 Å². The van der Waals surface area contributed by atoms with Crippen LogP contribution < -0.4 is 0 Å². The molecule has 0 saturated heterocycles. The molecule has 0 amide bonds. The van der Waals surface area contributed by atoms with Gasteiger partial charge in [-0.25, -0.2) is 4.79 Å². The van der Waals surface area contributed by atoms with Gasteiger partial charge in [-0.15, -0.1) is 11.6 Å². The van der Waals surface area contributed by atoms with Crippen LogP contribution in [0.25, 0.3) is 0 Å². The number of ether oxygens (including phenoxy) is 2. The lowest BCUT2D eigenvalue weighted by molar-refractivity contribution is -0.116. The molecule has 0 unspecified atom stereocenters. The Bertz CT molecular complexity index is 763. The van der Waals surface area contributed by atoms with Crippen LogP contribution in [0.1, 0.15) is 117 Å². The third-order valence-corrected chi connectivity index (χ3v) is 10.3. The molecule has 3 fully saturated rings. The third-order valence-electron chi connectivity index (χ3n) is 9.85. The average Bonchev–Trinajstić information content (AvgIpc) is 3.15. The van der Waals surface area contributed by atoms with E-state index in [0.29, 0.717) is 36.7 Å². The van der Waals surface area contributed by atoms with Crippen molar-refractivity contribution < 1.29 is 19.1 Å². The number of fused-ring (bicyclic) bond motifs is 5. The fraction of sp³-hybridized carbons (Fsp3) is 0.867. The van der Waals surface area contributed by atoms with Crippen LogP contribution in [0, 0.1) is 29.1 Å². The quantitative estimate of drug-likeness (QED) is 0.160. The number of allylic oxidation sites excluding steroid dienone is 1. The molecule has 0 aromatic heterocycles. The standard InChI is InChI=1S/C30H47ClO4/c1-3-4-5-6-7-8-9-10-11-18-34-29(33)35-27-17-16-25-24-14-12-21-19-22(32)13-15-23(21)28(24)26(31)20-30(25,27)2/h19,23-28H,3-18,20H2,1-2H3/t23-,24-,25-,26-,27-,28+,30-/m0/s1. The first-order chi connectivity index (χ1) is 16.9. The van der Waals surface area contributed by atoms with Gasteiger partial charge in [-0.3, -0.25) is 4.79 Å². The number of carbonyl (C=O) groups excluding carboxylic acids is 2. The van der Waals surface area contributed by atoms with E-state index in [9.17, 15) is 9.59 Å². The van der Waals surface area contributed by atoms with Crippen molar-refractivity contribution in [1.82, 2.24) is 0 Å². The Morgan fingerprint density at radius 3 is 2.46 bits per heavy atom. The minimum absolute atomic E-state index is 0.0733. The summed E-state index contributed by atoms with van der Waals surface area (Å²) in [6, 6.07) is 0. The summed E-state index contributed by atoms with van der Waals surface area (Å²) in [4.78, 5) is 24.5. The summed E-state index contributed by atoms with van der Waals surface area (Å²) in [5.74, 6) is 2.33. The summed E-state index contributed by atoms with van der Waals surface area (Å²) in [6.07, 6.45) is 19.2. The van der Waals surface area contributed by atoms with Gasteiger partial charge >= 0.3 is 6.16 Å². The molecule has 0 aromatic carbocycles. The Balaban J connectivity index is 1.21. The summed E-state index contributed by atoms with van der Waals surface area (Å²) in [5.41, 5.74) is 1.28. The summed E-state index contributed by atoms with van der Waals surface area (Å²) in [5, 5.41) is 0.0744. The lowest BCUT2D eigenvalue weighted by atomic mass is 9.52. The molecule has 0 aromatic rings. The molecule has 7 atom stereocenters. The number of hydrogen-bond acceptors (Lipinski definition) is 4. The molecule has 3 saturated carbocycles. The average molecular weight is 507 g/mol. The van der Waals surface area contributed by atoms with Gasteiger partial charge in [0.1, 0.15) is 6.10 Å². The zero-order valence-corrected chi connectivity index (χ0v) is 22.8. The van der Waals surface area contributed by atoms with Crippen LogP contribution in [0.4, 0.5) is 4.79 Å². The monoisotopic (exact) mass is 506 g/mol. The van der Waals surface area contributed by atoms with E-state index in [1.807, 2.05) is 6.08 Å². The number of halogens is 1. The highest BCUT2D eigenvalue weighted by Crippen LogP contribution is 2.63. The predicted molar refractivity (Wildman–Crippen MR) is 141 cm³/mol. The van der Waals surface area contributed by atoms with E-state index in [-0.39, 0.29) is 22.7 Å². The zero-order chi connectivity index (χ0) is 24.8. The Morgan fingerprint density at radius 2 is 1.71 bits per heavy atom. The number of alkyl halides is 1. The Hall–Kier alpha value is -1.03. The molecule has 4 aliphatic carbocycles. The van der Waals surface area contributed by atoms with E-state index >= 15 is 0 Å². The van der Waals surface area contributed by atoms with Gasteiger partial charge in [-0.1, -0.05) is 70.8 Å². The smallest absolute Gasteiger partial charge is 0.434 e. The second kappa shape index (κ2) is 12.5. The van der Waals surface area contributed by atoms with Crippen molar-refractivity contribution in [1.29, 1.82) is 0 Å². The largest absolute Gasteiger partial charge is 0.508 e. The molecule has 198 valence electrons. The van der Waals surface area contributed by atoms with E-state index in [1.54, 1.807) is 0 Å². The van der Waals surface area contributed by atoms with Crippen LogP contribution in [0.15, 0.2) is 11.6 Å². The third kappa shape index (κ3) is 6.28. The van der Waals surface area contributed by atoms with Crippen molar-refractivity contribution >= 4 is 23.5 Å². The summed E-state index contributed by atoms with van der Waals surface area (Å²) in [7, 11) is 0. The summed E-state index contributed by atoms with van der Waals surface area (Å²) >= 11 is 7.10. The summed E-state index contributed by atoms with van der Waals surface area (Å²) in [6.45, 7) is 5.00. The topological polar surface area (TPSA) is 52.6 Å². The van der Waals surface area contributed by atoms with Crippen molar-refractivity contribution in [2.45, 2.75) is 128 Å². The Kier molecular flexibility index (Phi) is 9.63. The van der Waals surface area contributed by atoms with Crippen molar-refractivity contribution in [3.8, 4) is 0 Å². The zero-order valence-electron chi connectivity index (χ0n) is 22.1. The maximum atomic E-state index is 12.5. The van der Waals surface area contributed by atoms with Gasteiger partial charge in [0.2, 0.25) is 0 Å². The number of unbranched alkanes of at least 4 members (excludes halogenated alkanes) is 8. The molecule has 0 aliphatic heterocycles. The van der Waals surface area contributed by atoms with Crippen molar-refractivity contribution in [3.05, 3.63) is 11.6 Å². The molecule has 0 N–H and O–H groups in total. The first-order valence-corrected chi connectivity index (χ1v) is 15.1. The Morgan fingerprint density at radius 1 is 1.00 bits per heavy atom. The molecule has 4 aliphatic rings. The first-order valence-electron chi connectivity index (χ1n) is 14.6. The van der Waals surface area contributed by atoms with Crippen molar-refractivity contribution in [2.75, 3.05) is 6.61 Å². The number of rotatable bonds is 11. The van der Waals surface area contributed by atoms with Gasteiger partial charge in [0.25, 0.3) is 0 Å². The maximum absolute atomic E-state index is 12.5. The van der Waals surface area contributed by atoms with Crippen LogP contribution >= 0.6 is 11.6 Å². The van der Waals surface area contributed by atoms with Gasteiger partial charge in [0, 0.05) is 17.2 Å². The van der Waals surface area contributed by atoms with Crippen LogP contribution in [0.3, 0.4) is 0 Å². The molecule has 4 nitrogen and oxygen atoms in total. The Labute approximate surface area is 217 Å². The highest BCUT2D eigenvalue weighted by Gasteiger charge is 2.60.